The third kappa shape index (κ3) is 3.12. The Hall–Kier alpha value is -1.92. The molecule has 1 spiro atoms. The molecule has 3 fully saturated rings. The maximum Gasteiger partial charge on any atom is 0.248 e. The second-order valence-electron chi connectivity index (χ2n) is 8.38. The highest BCUT2D eigenvalue weighted by Gasteiger charge is 2.53. The van der Waals surface area contributed by atoms with Crippen LogP contribution in [0.2, 0.25) is 0 Å². The fraction of sp³-hybridized carbons (Fsp3) is 0.600. The first kappa shape index (κ1) is 17.5. The van der Waals surface area contributed by atoms with Gasteiger partial charge in [-0.3, -0.25) is 14.8 Å². The van der Waals surface area contributed by atoms with Crippen LogP contribution in [0.5, 0.6) is 0 Å². The van der Waals surface area contributed by atoms with Crippen LogP contribution >= 0.6 is 0 Å². The Balaban J connectivity index is 1.49. The van der Waals surface area contributed by atoms with E-state index < -0.39 is 17.9 Å². The molecule has 1 aromatic rings. The molecule has 6 heteroatoms. The van der Waals surface area contributed by atoms with Gasteiger partial charge in [0.25, 0.3) is 0 Å². The van der Waals surface area contributed by atoms with Crippen LogP contribution in [0.25, 0.3) is 0 Å². The number of hydroxylamine groups is 1. The fourth-order valence-corrected chi connectivity index (χ4v) is 4.75. The van der Waals surface area contributed by atoms with Crippen molar-refractivity contribution in [3.63, 3.8) is 0 Å². The van der Waals surface area contributed by atoms with E-state index in [9.17, 15) is 9.59 Å². The summed E-state index contributed by atoms with van der Waals surface area (Å²) in [7, 11) is 0. The summed E-state index contributed by atoms with van der Waals surface area (Å²) in [4.78, 5) is 27.3. The summed E-state index contributed by atoms with van der Waals surface area (Å²) in [6, 6.07) is 9.76. The summed E-state index contributed by atoms with van der Waals surface area (Å²) in [5.74, 6) is -0.267. The lowest BCUT2D eigenvalue weighted by Gasteiger charge is -2.37. The molecule has 0 radical (unpaired) electrons. The molecule has 2 amide bonds. The van der Waals surface area contributed by atoms with Crippen molar-refractivity contribution >= 4 is 11.8 Å². The molecule has 2 unspecified atom stereocenters. The van der Waals surface area contributed by atoms with Crippen molar-refractivity contribution in [1.82, 2.24) is 15.7 Å². The summed E-state index contributed by atoms with van der Waals surface area (Å²) >= 11 is 0. The lowest BCUT2D eigenvalue weighted by Crippen LogP contribution is -2.58. The van der Waals surface area contributed by atoms with Crippen molar-refractivity contribution in [2.24, 2.45) is 17.3 Å². The van der Waals surface area contributed by atoms with Gasteiger partial charge in [0, 0.05) is 25.6 Å². The summed E-state index contributed by atoms with van der Waals surface area (Å²) in [5.41, 5.74) is 3.18. The Morgan fingerprint density at radius 1 is 1.23 bits per heavy atom. The zero-order valence-corrected chi connectivity index (χ0v) is 15.1. The zero-order valence-electron chi connectivity index (χ0n) is 15.1. The van der Waals surface area contributed by atoms with E-state index in [0.29, 0.717) is 31.3 Å². The normalized spacial score (nSPS) is 32.5. The van der Waals surface area contributed by atoms with Gasteiger partial charge in [0.05, 0.1) is 12.0 Å². The Labute approximate surface area is 153 Å². The number of nitrogens with zero attached hydrogens (tertiary/aromatic N) is 1. The second kappa shape index (κ2) is 6.67. The lowest BCUT2D eigenvalue weighted by atomic mass is 9.81. The van der Waals surface area contributed by atoms with E-state index >= 15 is 0 Å². The Bertz CT molecular complexity index is 689. The smallest absolute Gasteiger partial charge is 0.248 e. The van der Waals surface area contributed by atoms with Crippen LogP contribution in [0, 0.1) is 17.3 Å². The van der Waals surface area contributed by atoms with Crippen LogP contribution in [-0.2, 0) is 9.59 Å². The van der Waals surface area contributed by atoms with Crippen LogP contribution in [0.3, 0.4) is 0 Å². The van der Waals surface area contributed by atoms with Gasteiger partial charge >= 0.3 is 0 Å². The van der Waals surface area contributed by atoms with Gasteiger partial charge in [0.1, 0.15) is 0 Å². The standard InChI is InChI=1S/C20H27N3O3/c1-13-10-23(11-16(13)14-5-3-2-4-6-14)19(25)17-15(18(24)22-26)9-20(7-8-20)12-21-17/h2-6,13,15-17,21,26H,7-12H2,1H3,(H,22,24)/t13?,15-,16?,17-/m0/s1. The maximum absolute atomic E-state index is 13.2. The summed E-state index contributed by atoms with van der Waals surface area (Å²) in [5, 5.41) is 12.4. The van der Waals surface area contributed by atoms with Crippen molar-refractivity contribution in [2.75, 3.05) is 19.6 Å². The number of carbonyl (C=O) groups is 2. The minimum absolute atomic E-state index is 0.0145. The van der Waals surface area contributed by atoms with E-state index in [1.807, 2.05) is 23.1 Å². The summed E-state index contributed by atoms with van der Waals surface area (Å²) in [6.07, 6.45) is 2.86. The first-order valence-electron chi connectivity index (χ1n) is 9.54. The lowest BCUT2D eigenvalue weighted by molar-refractivity contribution is -0.144. The maximum atomic E-state index is 13.2. The predicted octanol–water partition coefficient (Wildman–Crippen LogP) is 1.51. The Morgan fingerprint density at radius 2 is 1.96 bits per heavy atom. The molecule has 140 valence electrons. The first-order valence-corrected chi connectivity index (χ1v) is 9.54. The third-order valence-electron chi connectivity index (χ3n) is 6.57. The first-order chi connectivity index (χ1) is 12.5. The molecule has 2 aliphatic heterocycles. The minimum atomic E-state index is -0.546. The number of hydrogen-bond donors (Lipinski definition) is 3. The number of rotatable bonds is 3. The molecule has 6 nitrogen and oxygen atoms in total. The molecule has 0 aromatic heterocycles. The molecule has 1 saturated carbocycles. The van der Waals surface area contributed by atoms with E-state index in [1.54, 1.807) is 5.48 Å². The molecule has 3 aliphatic rings. The highest BCUT2D eigenvalue weighted by molar-refractivity contribution is 5.90. The summed E-state index contributed by atoms with van der Waals surface area (Å²) < 4.78 is 0. The second-order valence-corrected chi connectivity index (χ2v) is 8.38. The highest BCUT2D eigenvalue weighted by Crippen LogP contribution is 2.52. The van der Waals surface area contributed by atoms with Crippen molar-refractivity contribution < 1.29 is 14.8 Å². The largest absolute Gasteiger partial charge is 0.340 e. The average Bonchev–Trinajstić information content (AvgIpc) is 3.30. The number of likely N-dealkylation sites (tertiary alicyclic amines) is 1. The van der Waals surface area contributed by atoms with E-state index in [2.05, 4.69) is 24.4 Å². The molecule has 4 rings (SSSR count). The van der Waals surface area contributed by atoms with Crippen molar-refractivity contribution in [2.45, 2.75) is 38.1 Å². The van der Waals surface area contributed by atoms with Crippen LogP contribution in [0.1, 0.15) is 37.7 Å². The number of nitrogens with one attached hydrogen (secondary N) is 2. The molecular weight excluding hydrogens is 330 g/mol. The molecule has 3 N–H and O–H groups in total. The van der Waals surface area contributed by atoms with E-state index in [4.69, 9.17) is 5.21 Å². The molecular formula is C20H27N3O3. The fourth-order valence-electron chi connectivity index (χ4n) is 4.75. The molecule has 26 heavy (non-hydrogen) atoms. The third-order valence-corrected chi connectivity index (χ3v) is 6.57. The van der Waals surface area contributed by atoms with Crippen LogP contribution in [-0.4, -0.2) is 47.6 Å². The SMILES string of the molecule is CC1CN(C(=O)[C@H]2NCC3(CC3)C[C@@H]2C(=O)NO)CC1c1ccccc1. The van der Waals surface area contributed by atoms with Gasteiger partial charge in [-0.25, -0.2) is 5.48 Å². The average molecular weight is 357 g/mol. The predicted molar refractivity (Wildman–Crippen MR) is 96.4 cm³/mol. The van der Waals surface area contributed by atoms with E-state index in [0.717, 1.165) is 19.4 Å². The van der Waals surface area contributed by atoms with Crippen molar-refractivity contribution in [3.05, 3.63) is 35.9 Å². The van der Waals surface area contributed by atoms with Crippen molar-refractivity contribution in [1.29, 1.82) is 0 Å². The van der Waals surface area contributed by atoms with Crippen molar-refractivity contribution in [3.8, 4) is 0 Å². The topological polar surface area (TPSA) is 81.7 Å². The van der Waals surface area contributed by atoms with Gasteiger partial charge in [-0.2, -0.15) is 0 Å². The molecule has 2 heterocycles. The molecule has 2 saturated heterocycles. The number of amides is 2. The molecule has 1 aromatic carbocycles. The van der Waals surface area contributed by atoms with Crippen LogP contribution in [0.4, 0.5) is 0 Å². The quantitative estimate of drug-likeness (QED) is 0.566. The number of hydrogen-bond acceptors (Lipinski definition) is 4. The number of carbonyl (C=O) groups excluding carboxylic acids is 2. The highest BCUT2D eigenvalue weighted by atomic mass is 16.5. The minimum Gasteiger partial charge on any atom is -0.340 e. The monoisotopic (exact) mass is 357 g/mol. The van der Waals surface area contributed by atoms with Gasteiger partial charge in [-0.1, -0.05) is 37.3 Å². The van der Waals surface area contributed by atoms with Crippen LogP contribution in [0.15, 0.2) is 30.3 Å². The molecule has 0 bridgehead atoms. The number of piperidine rings is 1. The van der Waals surface area contributed by atoms with Gasteiger partial charge in [0.15, 0.2) is 0 Å². The molecule has 4 atom stereocenters. The summed E-state index contributed by atoms with van der Waals surface area (Å²) in [6.45, 7) is 4.34. The number of benzene rings is 1. The van der Waals surface area contributed by atoms with Gasteiger partial charge in [0.2, 0.25) is 11.8 Å². The van der Waals surface area contributed by atoms with Gasteiger partial charge < -0.3 is 10.2 Å². The van der Waals surface area contributed by atoms with Crippen LogP contribution < -0.4 is 10.8 Å². The van der Waals surface area contributed by atoms with Gasteiger partial charge in [-0.15, -0.1) is 0 Å². The zero-order chi connectivity index (χ0) is 18.3. The van der Waals surface area contributed by atoms with E-state index in [1.165, 1.54) is 5.56 Å². The Kier molecular flexibility index (Phi) is 4.49. The molecule has 1 aliphatic carbocycles. The Morgan fingerprint density at radius 3 is 2.62 bits per heavy atom. The van der Waals surface area contributed by atoms with E-state index in [-0.39, 0.29) is 11.3 Å². The van der Waals surface area contributed by atoms with Gasteiger partial charge in [-0.05, 0) is 36.2 Å².